The van der Waals surface area contributed by atoms with Crippen LogP contribution in [0.3, 0.4) is 0 Å². The molecule has 5 nitrogen and oxygen atoms in total. The Balaban J connectivity index is 1.73. The summed E-state index contributed by atoms with van der Waals surface area (Å²) in [6, 6.07) is 14.6. The van der Waals surface area contributed by atoms with Crippen LogP contribution in [-0.4, -0.2) is 25.1 Å². The van der Waals surface area contributed by atoms with Crippen molar-refractivity contribution in [3.8, 4) is 5.75 Å². The number of carbonyl (C=O) groups excluding carboxylic acids is 2. The number of aryl methyl sites for hydroxylation is 1. The Labute approximate surface area is 154 Å². The molecule has 0 saturated heterocycles. The molecule has 0 spiro atoms. The third kappa shape index (κ3) is 6.59. The quantitative estimate of drug-likeness (QED) is 0.551. The van der Waals surface area contributed by atoms with Crippen LogP contribution >= 0.6 is 0 Å². The summed E-state index contributed by atoms with van der Waals surface area (Å²) in [5.41, 5.74) is 2.55. The van der Waals surface area contributed by atoms with Gasteiger partial charge in [0.15, 0.2) is 6.61 Å². The predicted octanol–water partition coefficient (Wildman–Crippen LogP) is 3.65. The third-order valence-electron chi connectivity index (χ3n) is 3.80. The maximum absolute atomic E-state index is 12.0. The van der Waals surface area contributed by atoms with E-state index < -0.39 is 5.97 Å². The molecule has 26 heavy (non-hydrogen) atoms. The lowest BCUT2D eigenvalue weighted by Gasteiger charge is -2.08. The lowest BCUT2D eigenvalue weighted by molar-refractivity contribution is -0.124. The first-order chi connectivity index (χ1) is 12.6. The van der Waals surface area contributed by atoms with Gasteiger partial charge in [-0.2, -0.15) is 0 Å². The molecule has 1 N–H and O–H groups in total. The molecule has 2 rings (SSSR count). The van der Waals surface area contributed by atoms with E-state index in [9.17, 15) is 9.59 Å². The third-order valence-corrected chi connectivity index (χ3v) is 3.80. The van der Waals surface area contributed by atoms with E-state index in [2.05, 4.69) is 12.2 Å². The average molecular weight is 355 g/mol. The van der Waals surface area contributed by atoms with Crippen LogP contribution in [0.4, 0.5) is 0 Å². The Morgan fingerprint density at radius 2 is 1.69 bits per heavy atom. The summed E-state index contributed by atoms with van der Waals surface area (Å²) in [6.07, 6.45) is 2.05. The molecule has 0 aliphatic rings. The number of amides is 1. The van der Waals surface area contributed by atoms with Crippen LogP contribution in [0.2, 0.25) is 0 Å². The highest BCUT2D eigenvalue weighted by atomic mass is 16.5. The molecule has 0 heterocycles. The van der Waals surface area contributed by atoms with Crippen molar-refractivity contribution < 1.29 is 19.1 Å². The molecular weight excluding hydrogens is 330 g/mol. The number of carbonyl (C=O) groups is 2. The zero-order chi connectivity index (χ0) is 18.8. The molecule has 0 radical (unpaired) electrons. The van der Waals surface area contributed by atoms with Gasteiger partial charge in [-0.1, -0.05) is 43.2 Å². The molecule has 0 atom stereocenters. The fourth-order valence-corrected chi connectivity index (χ4v) is 2.19. The van der Waals surface area contributed by atoms with E-state index in [0.29, 0.717) is 24.5 Å². The maximum atomic E-state index is 12.0. The molecule has 2 aromatic carbocycles. The molecule has 0 unspecified atom stereocenters. The SMILES string of the molecule is CCCCOc1ccc(C(=O)OCC(=O)NCc2ccc(C)cc2)cc1. The Hall–Kier alpha value is -2.82. The van der Waals surface area contributed by atoms with Gasteiger partial charge in [0.05, 0.1) is 12.2 Å². The molecule has 0 aromatic heterocycles. The normalized spacial score (nSPS) is 10.2. The van der Waals surface area contributed by atoms with Crippen molar-refractivity contribution >= 4 is 11.9 Å². The minimum Gasteiger partial charge on any atom is -0.494 e. The van der Waals surface area contributed by atoms with Gasteiger partial charge in [0, 0.05) is 6.54 Å². The van der Waals surface area contributed by atoms with Gasteiger partial charge < -0.3 is 14.8 Å². The molecule has 138 valence electrons. The molecule has 0 bridgehead atoms. The number of hydrogen-bond donors (Lipinski definition) is 1. The van der Waals surface area contributed by atoms with Crippen molar-refractivity contribution in [2.45, 2.75) is 33.2 Å². The van der Waals surface area contributed by atoms with E-state index in [0.717, 1.165) is 24.0 Å². The second kappa shape index (κ2) is 10.2. The van der Waals surface area contributed by atoms with E-state index in [1.807, 2.05) is 31.2 Å². The summed E-state index contributed by atoms with van der Waals surface area (Å²) in [7, 11) is 0. The molecule has 0 aliphatic heterocycles. The second-order valence-corrected chi connectivity index (χ2v) is 6.06. The first-order valence-corrected chi connectivity index (χ1v) is 8.80. The van der Waals surface area contributed by atoms with E-state index in [1.54, 1.807) is 24.3 Å². The fraction of sp³-hybridized carbons (Fsp3) is 0.333. The largest absolute Gasteiger partial charge is 0.494 e. The standard InChI is InChI=1S/C21H25NO4/c1-3-4-13-25-19-11-9-18(10-12-19)21(24)26-15-20(23)22-14-17-7-5-16(2)6-8-17/h5-12H,3-4,13-15H2,1-2H3,(H,22,23). The van der Waals surface area contributed by atoms with Crippen molar-refractivity contribution in [1.82, 2.24) is 5.32 Å². The average Bonchev–Trinajstić information content (AvgIpc) is 2.66. The summed E-state index contributed by atoms with van der Waals surface area (Å²) in [5, 5.41) is 2.73. The minimum absolute atomic E-state index is 0.306. The van der Waals surface area contributed by atoms with Crippen molar-refractivity contribution in [2.24, 2.45) is 0 Å². The minimum atomic E-state index is -0.532. The van der Waals surface area contributed by atoms with E-state index in [-0.39, 0.29) is 12.5 Å². The van der Waals surface area contributed by atoms with Gasteiger partial charge in [-0.25, -0.2) is 4.79 Å². The van der Waals surface area contributed by atoms with Crippen LogP contribution < -0.4 is 10.1 Å². The Morgan fingerprint density at radius 1 is 1.00 bits per heavy atom. The monoisotopic (exact) mass is 355 g/mol. The number of ether oxygens (including phenoxy) is 2. The first kappa shape index (κ1) is 19.5. The topological polar surface area (TPSA) is 64.6 Å². The van der Waals surface area contributed by atoms with Gasteiger partial charge >= 0.3 is 5.97 Å². The molecular formula is C21H25NO4. The van der Waals surface area contributed by atoms with Crippen LogP contribution in [0.5, 0.6) is 5.75 Å². The zero-order valence-electron chi connectivity index (χ0n) is 15.3. The highest BCUT2D eigenvalue weighted by Crippen LogP contribution is 2.13. The molecule has 1 amide bonds. The van der Waals surface area contributed by atoms with Gasteiger partial charge in [-0.05, 0) is 43.2 Å². The zero-order valence-corrected chi connectivity index (χ0v) is 15.3. The van der Waals surface area contributed by atoms with Crippen molar-refractivity contribution in [2.75, 3.05) is 13.2 Å². The molecule has 2 aromatic rings. The van der Waals surface area contributed by atoms with Crippen LogP contribution in [0.1, 0.15) is 41.3 Å². The second-order valence-electron chi connectivity index (χ2n) is 6.06. The van der Waals surface area contributed by atoms with Crippen LogP contribution in [0, 0.1) is 6.92 Å². The van der Waals surface area contributed by atoms with E-state index >= 15 is 0 Å². The summed E-state index contributed by atoms with van der Waals surface area (Å²) >= 11 is 0. The fourth-order valence-electron chi connectivity index (χ4n) is 2.19. The number of unbranched alkanes of at least 4 members (excludes halogenated alkanes) is 1. The Kier molecular flexibility index (Phi) is 7.68. The van der Waals surface area contributed by atoms with Gasteiger partial charge in [0.2, 0.25) is 0 Å². The number of hydrogen-bond acceptors (Lipinski definition) is 4. The number of esters is 1. The first-order valence-electron chi connectivity index (χ1n) is 8.80. The van der Waals surface area contributed by atoms with Crippen LogP contribution in [0.25, 0.3) is 0 Å². The number of benzene rings is 2. The summed E-state index contributed by atoms with van der Waals surface area (Å²) in [4.78, 5) is 23.8. The van der Waals surface area contributed by atoms with Crippen molar-refractivity contribution in [1.29, 1.82) is 0 Å². The Bertz CT molecular complexity index is 708. The van der Waals surface area contributed by atoms with Crippen molar-refractivity contribution in [3.05, 3.63) is 65.2 Å². The molecule has 0 saturated carbocycles. The van der Waals surface area contributed by atoms with Gasteiger partial charge in [-0.15, -0.1) is 0 Å². The van der Waals surface area contributed by atoms with Gasteiger partial charge in [0.25, 0.3) is 5.91 Å². The summed E-state index contributed by atoms with van der Waals surface area (Å²) in [6.45, 7) is 4.85. The lowest BCUT2D eigenvalue weighted by Crippen LogP contribution is -2.28. The lowest BCUT2D eigenvalue weighted by atomic mass is 10.1. The van der Waals surface area contributed by atoms with Crippen molar-refractivity contribution in [3.63, 3.8) is 0 Å². The van der Waals surface area contributed by atoms with Crippen LogP contribution in [-0.2, 0) is 16.1 Å². The van der Waals surface area contributed by atoms with E-state index in [1.165, 1.54) is 0 Å². The predicted molar refractivity (Wildman–Crippen MR) is 100 cm³/mol. The highest BCUT2D eigenvalue weighted by molar-refractivity contribution is 5.91. The summed E-state index contributed by atoms with van der Waals surface area (Å²) in [5.74, 6) is -0.153. The number of rotatable bonds is 9. The van der Waals surface area contributed by atoms with Gasteiger partial charge in [-0.3, -0.25) is 4.79 Å². The maximum Gasteiger partial charge on any atom is 0.338 e. The van der Waals surface area contributed by atoms with E-state index in [4.69, 9.17) is 9.47 Å². The smallest absolute Gasteiger partial charge is 0.338 e. The molecule has 0 fully saturated rings. The van der Waals surface area contributed by atoms with Gasteiger partial charge in [0.1, 0.15) is 5.75 Å². The number of nitrogens with one attached hydrogen (secondary N) is 1. The molecule has 5 heteroatoms. The molecule has 0 aliphatic carbocycles. The Morgan fingerprint density at radius 3 is 2.35 bits per heavy atom. The summed E-state index contributed by atoms with van der Waals surface area (Å²) < 4.78 is 10.6. The highest BCUT2D eigenvalue weighted by Gasteiger charge is 2.10. The van der Waals surface area contributed by atoms with Crippen LogP contribution in [0.15, 0.2) is 48.5 Å².